The van der Waals surface area contributed by atoms with Gasteiger partial charge in [0.2, 0.25) is 5.91 Å². The molecule has 2 amide bonds. The lowest BCUT2D eigenvalue weighted by molar-refractivity contribution is -0.131. The molecule has 7 heteroatoms. The largest absolute Gasteiger partial charge is 0.497 e. The smallest absolute Gasteiger partial charge is 0.270 e. The molecule has 0 saturated carbocycles. The highest BCUT2D eigenvalue weighted by Crippen LogP contribution is 2.24. The Balaban J connectivity index is 1.30. The minimum Gasteiger partial charge on any atom is -0.497 e. The standard InChI is InChI=1S/C29H28FN3O3/c1-36-24-10-6-7-21(17-24)18-28(34)31-13-15-32(16-14-31)29(35)27-19-22-8-3-5-12-26(22)33(27)20-23-9-2-4-11-25(23)30/h2-12,17,19H,13-16,18,20H2,1H3. The quantitative estimate of drug-likeness (QED) is 0.408. The van der Waals surface area contributed by atoms with E-state index in [0.29, 0.717) is 43.9 Å². The normalized spacial score (nSPS) is 13.7. The molecule has 0 aliphatic carbocycles. The van der Waals surface area contributed by atoms with Gasteiger partial charge in [-0.15, -0.1) is 0 Å². The number of rotatable bonds is 6. The van der Waals surface area contributed by atoms with Crippen molar-refractivity contribution in [2.45, 2.75) is 13.0 Å². The highest BCUT2D eigenvalue weighted by Gasteiger charge is 2.27. The van der Waals surface area contributed by atoms with Gasteiger partial charge < -0.3 is 19.1 Å². The lowest BCUT2D eigenvalue weighted by Crippen LogP contribution is -2.51. The lowest BCUT2D eigenvalue weighted by atomic mass is 10.1. The zero-order valence-corrected chi connectivity index (χ0v) is 20.2. The molecular formula is C29H28FN3O3. The maximum absolute atomic E-state index is 14.4. The van der Waals surface area contributed by atoms with E-state index in [1.54, 1.807) is 35.1 Å². The minimum atomic E-state index is -0.295. The Hall–Kier alpha value is -4.13. The third-order valence-electron chi connectivity index (χ3n) is 6.73. The van der Waals surface area contributed by atoms with Crippen molar-refractivity contribution in [3.63, 3.8) is 0 Å². The van der Waals surface area contributed by atoms with E-state index in [0.717, 1.165) is 22.2 Å². The number of halogens is 1. The average Bonchev–Trinajstić information content (AvgIpc) is 3.28. The van der Waals surface area contributed by atoms with E-state index < -0.39 is 0 Å². The van der Waals surface area contributed by atoms with Crippen molar-refractivity contribution in [2.24, 2.45) is 0 Å². The van der Waals surface area contributed by atoms with Gasteiger partial charge in [0.1, 0.15) is 17.3 Å². The molecule has 6 nitrogen and oxygen atoms in total. The van der Waals surface area contributed by atoms with Crippen LogP contribution in [0.5, 0.6) is 5.75 Å². The molecule has 184 valence electrons. The molecule has 3 aromatic carbocycles. The minimum absolute atomic E-state index is 0.0315. The summed E-state index contributed by atoms with van der Waals surface area (Å²) in [6, 6.07) is 23.8. The number of methoxy groups -OCH3 is 1. The van der Waals surface area contributed by atoms with Crippen LogP contribution in [0.1, 0.15) is 21.6 Å². The Labute approximate surface area is 209 Å². The number of para-hydroxylation sites is 1. The first-order chi connectivity index (χ1) is 17.5. The molecule has 0 radical (unpaired) electrons. The van der Waals surface area contributed by atoms with E-state index in [4.69, 9.17) is 4.74 Å². The topological polar surface area (TPSA) is 54.8 Å². The van der Waals surface area contributed by atoms with Crippen molar-refractivity contribution in [1.29, 1.82) is 0 Å². The summed E-state index contributed by atoms with van der Waals surface area (Å²) in [6.45, 7) is 2.11. The number of carbonyl (C=O) groups is 2. The number of aromatic nitrogens is 1. The number of ether oxygens (including phenoxy) is 1. The molecule has 1 aromatic heterocycles. The van der Waals surface area contributed by atoms with E-state index >= 15 is 0 Å². The Kier molecular flexibility index (Phi) is 6.71. The predicted octanol–water partition coefficient (Wildman–Crippen LogP) is 4.36. The molecule has 0 bridgehead atoms. The molecule has 36 heavy (non-hydrogen) atoms. The van der Waals surface area contributed by atoms with Gasteiger partial charge in [0.05, 0.1) is 20.1 Å². The second-order valence-electron chi connectivity index (χ2n) is 8.97. The van der Waals surface area contributed by atoms with Crippen LogP contribution in [0.2, 0.25) is 0 Å². The molecule has 0 spiro atoms. The fraction of sp³-hybridized carbons (Fsp3) is 0.241. The van der Waals surface area contributed by atoms with E-state index in [1.807, 2.05) is 59.2 Å². The van der Waals surface area contributed by atoms with Gasteiger partial charge in [0, 0.05) is 42.6 Å². The van der Waals surface area contributed by atoms with Gasteiger partial charge in [-0.3, -0.25) is 9.59 Å². The Morgan fingerprint density at radius 1 is 0.861 bits per heavy atom. The molecule has 1 saturated heterocycles. The van der Waals surface area contributed by atoms with Gasteiger partial charge in [-0.25, -0.2) is 4.39 Å². The van der Waals surface area contributed by atoms with Crippen LogP contribution in [0.3, 0.4) is 0 Å². The number of fused-ring (bicyclic) bond motifs is 1. The summed E-state index contributed by atoms with van der Waals surface area (Å²) in [6.07, 6.45) is 0.294. The molecule has 0 unspecified atom stereocenters. The lowest BCUT2D eigenvalue weighted by Gasteiger charge is -2.35. The molecule has 2 heterocycles. The second-order valence-corrected chi connectivity index (χ2v) is 8.97. The fourth-order valence-corrected chi connectivity index (χ4v) is 4.74. The summed E-state index contributed by atoms with van der Waals surface area (Å²) >= 11 is 0. The number of amides is 2. The maximum Gasteiger partial charge on any atom is 0.270 e. The molecule has 4 aromatic rings. The zero-order valence-electron chi connectivity index (χ0n) is 20.2. The van der Waals surface area contributed by atoms with Gasteiger partial charge in [-0.1, -0.05) is 48.5 Å². The number of piperazine rings is 1. The first-order valence-corrected chi connectivity index (χ1v) is 12.0. The van der Waals surface area contributed by atoms with Crippen LogP contribution in [0.15, 0.2) is 78.9 Å². The van der Waals surface area contributed by atoms with Crippen LogP contribution >= 0.6 is 0 Å². The van der Waals surface area contributed by atoms with E-state index in [-0.39, 0.29) is 24.2 Å². The number of benzene rings is 3. The summed E-state index contributed by atoms with van der Waals surface area (Å²) in [4.78, 5) is 30.0. The van der Waals surface area contributed by atoms with Gasteiger partial charge in [-0.2, -0.15) is 0 Å². The monoisotopic (exact) mass is 485 g/mol. The molecule has 1 aliphatic heterocycles. The van der Waals surface area contributed by atoms with Crippen molar-refractivity contribution < 1.29 is 18.7 Å². The summed E-state index contributed by atoms with van der Waals surface area (Å²) < 4.78 is 21.6. The van der Waals surface area contributed by atoms with Gasteiger partial charge in [-0.05, 0) is 35.9 Å². The molecule has 5 rings (SSSR count). The number of hydrogen-bond donors (Lipinski definition) is 0. The predicted molar refractivity (Wildman–Crippen MR) is 137 cm³/mol. The van der Waals surface area contributed by atoms with Crippen LogP contribution in [0.25, 0.3) is 10.9 Å². The SMILES string of the molecule is COc1cccc(CC(=O)N2CCN(C(=O)c3cc4ccccc4n3Cc3ccccc3F)CC2)c1. The molecule has 0 atom stereocenters. The number of hydrogen-bond acceptors (Lipinski definition) is 3. The second kappa shape index (κ2) is 10.2. The van der Waals surface area contributed by atoms with E-state index in [2.05, 4.69) is 0 Å². The summed E-state index contributed by atoms with van der Waals surface area (Å²) in [7, 11) is 1.60. The Morgan fingerprint density at radius 3 is 2.36 bits per heavy atom. The zero-order chi connectivity index (χ0) is 25.1. The highest BCUT2D eigenvalue weighted by molar-refractivity contribution is 5.99. The van der Waals surface area contributed by atoms with Crippen LogP contribution in [0, 0.1) is 5.82 Å². The molecular weight excluding hydrogens is 457 g/mol. The fourth-order valence-electron chi connectivity index (χ4n) is 4.74. The van der Waals surface area contributed by atoms with Crippen LogP contribution < -0.4 is 4.74 Å². The average molecular weight is 486 g/mol. The maximum atomic E-state index is 14.4. The van der Waals surface area contributed by atoms with Crippen molar-refractivity contribution in [1.82, 2.24) is 14.4 Å². The van der Waals surface area contributed by atoms with Crippen molar-refractivity contribution >= 4 is 22.7 Å². The summed E-state index contributed by atoms with van der Waals surface area (Å²) in [5, 5.41) is 0.935. The summed E-state index contributed by atoms with van der Waals surface area (Å²) in [5.74, 6) is 0.352. The van der Waals surface area contributed by atoms with Gasteiger partial charge in [0.25, 0.3) is 5.91 Å². The van der Waals surface area contributed by atoms with E-state index in [1.165, 1.54) is 6.07 Å². The van der Waals surface area contributed by atoms with Gasteiger partial charge >= 0.3 is 0 Å². The van der Waals surface area contributed by atoms with Crippen LogP contribution in [-0.2, 0) is 17.8 Å². The number of carbonyl (C=O) groups excluding carboxylic acids is 2. The molecule has 1 fully saturated rings. The van der Waals surface area contributed by atoms with Crippen molar-refractivity contribution in [3.8, 4) is 5.75 Å². The van der Waals surface area contributed by atoms with E-state index in [9.17, 15) is 14.0 Å². The highest BCUT2D eigenvalue weighted by atomic mass is 19.1. The van der Waals surface area contributed by atoms with Crippen LogP contribution in [0.4, 0.5) is 4.39 Å². The first kappa shape index (κ1) is 23.6. The Bertz CT molecular complexity index is 1410. The van der Waals surface area contributed by atoms with Gasteiger partial charge in [0.15, 0.2) is 0 Å². The first-order valence-electron chi connectivity index (χ1n) is 12.0. The summed E-state index contributed by atoms with van der Waals surface area (Å²) in [5.41, 5.74) is 2.84. The number of nitrogens with zero attached hydrogens (tertiary/aromatic N) is 3. The molecule has 1 aliphatic rings. The third kappa shape index (κ3) is 4.82. The van der Waals surface area contributed by atoms with Crippen molar-refractivity contribution in [2.75, 3.05) is 33.3 Å². The van der Waals surface area contributed by atoms with Crippen molar-refractivity contribution in [3.05, 3.63) is 102 Å². The van der Waals surface area contributed by atoms with Crippen LogP contribution in [-0.4, -0.2) is 59.5 Å². The molecule has 0 N–H and O–H groups in total. The Morgan fingerprint density at radius 2 is 1.58 bits per heavy atom. The third-order valence-corrected chi connectivity index (χ3v) is 6.73.